The highest BCUT2D eigenvalue weighted by Gasteiger charge is 2.31. The molecule has 3 heterocycles. The van der Waals surface area contributed by atoms with E-state index >= 15 is 0 Å². The first-order valence-corrected chi connectivity index (χ1v) is 16.0. The van der Waals surface area contributed by atoms with Crippen molar-refractivity contribution in [1.29, 1.82) is 0 Å². The number of sulfonamides is 1. The summed E-state index contributed by atoms with van der Waals surface area (Å²) < 4.78 is 30.0. The summed E-state index contributed by atoms with van der Waals surface area (Å²) in [6, 6.07) is 7.43. The molecule has 39 heavy (non-hydrogen) atoms. The number of benzene rings is 1. The van der Waals surface area contributed by atoms with Crippen molar-refractivity contribution in [1.82, 2.24) is 23.8 Å². The van der Waals surface area contributed by atoms with E-state index in [0.717, 1.165) is 49.7 Å². The molecule has 0 atom stereocenters. The summed E-state index contributed by atoms with van der Waals surface area (Å²) in [5, 5.41) is 7.70. The Morgan fingerprint density at radius 2 is 1.54 bits per heavy atom. The van der Waals surface area contributed by atoms with E-state index in [1.165, 1.54) is 12.8 Å². The molecule has 1 saturated heterocycles. The van der Waals surface area contributed by atoms with Crippen molar-refractivity contribution in [3.05, 3.63) is 35.6 Å². The van der Waals surface area contributed by atoms with Gasteiger partial charge in [0.05, 0.1) is 11.2 Å². The number of rotatable bonds is 7. The highest BCUT2D eigenvalue weighted by Crippen LogP contribution is 2.34. The van der Waals surface area contributed by atoms with Gasteiger partial charge in [-0.25, -0.2) is 13.4 Å². The number of hydrogen-bond donors (Lipinski definition) is 3. The highest BCUT2D eigenvalue weighted by molar-refractivity contribution is 7.89. The van der Waals surface area contributed by atoms with Crippen LogP contribution in [0.4, 0.5) is 11.8 Å². The van der Waals surface area contributed by atoms with Crippen LogP contribution in [0.3, 0.4) is 0 Å². The molecule has 0 bridgehead atoms. The lowest BCUT2D eigenvalue weighted by Gasteiger charge is -2.32. The first-order chi connectivity index (χ1) is 18.9. The molecule has 210 valence electrons. The molecule has 3 aliphatic rings. The molecule has 10 nitrogen and oxygen atoms in total. The van der Waals surface area contributed by atoms with Crippen LogP contribution < -0.4 is 16.4 Å². The summed E-state index contributed by atoms with van der Waals surface area (Å²) in [6.45, 7) is 0.863. The maximum Gasteiger partial charge on any atom is 0.243 e. The lowest BCUT2D eigenvalue weighted by Crippen LogP contribution is -2.42. The monoisotopic (exact) mass is 572 g/mol. The van der Waals surface area contributed by atoms with Crippen molar-refractivity contribution in [2.75, 3.05) is 23.7 Å². The molecule has 0 unspecified atom stereocenters. The van der Waals surface area contributed by atoms with Gasteiger partial charge in [0.15, 0.2) is 17.0 Å². The quantitative estimate of drug-likeness (QED) is 0.376. The number of anilines is 2. The predicted molar refractivity (Wildman–Crippen MR) is 154 cm³/mol. The average molecular weight is 573 g/mol. The molecule has 2 saturated carbocycles. The Morgan fingerprint density at radius 1 is 0.872 bits per heavy atom. The average Bonchev–Trinajstić information content (AvgIpc) is 3.61. The minimum atomic E-state index is -3.56. The fourth-order valence-electron chi connectivity index (χ4n) is 6.17. The Morgan fingerprint density at radius 3 is 2.23 bits per heavy atom. The maximum atomic E-state index is 13.1. The second-order valence-corrected chi connectivity index (χ2v) is 13.6. The molecule has 6 rings (SSSR count). The zero-order valence-electron chi connectivity index (χ0n) is 22.1. The van der Waals surface area contributed by atoms with Gasteiger partial charge in [-0.15, -0.1) is 0 Å². The molecular formula is C27H37ClN8O2S. The van der Waals surface area contributed by atoms with Gasteiger partial charge in [0.2, 0.25) is 16.0 Å². The normalized spacial score (nSPS) is 23.8. The van der Waals surface area contributed by atoms with Crippen molar-refractivity contribution in [3.63, 3.8) is 0 Å². The minimum absolute atomic E-state index is 0.0805. The van der Waals surface area contributed by atoms with E-state index in [1.807, 2.05) is 6.33 Å². The van der Waals surface area contributed by atoms with E-state index in [9.17, 15) is 8.42 Å². The van der Waals surface area contributed by atoms with Crippen molar-refractivity contribution in [2.24, 2.45) is 5.73 Å². The highest BCUT2D eigenvalue weighted by atomic mass is 35.5. The van der Waals surface area contributed by atoms with Gasteiger partial charge < -0.3 is 20.9 Å². The number of nitrogens with one attached hydrogen (secondary N) is 2. The maximum absolute atomic E-state index is 13.1. The van der Waals surface area contributed by atoms with E-state index in [2.05, 4.69) is 15.2 Å². The van der Waals surface area contributed by atoms with Gasteiger partial charge in [0, 0.05) is 42.3 Å². The van der Waals surface area contributed by atoms with Gasteiger partial charge >= 0.3 is 0 Å². The van der Waals surface area contributed by atoms with Crippen LogP contribution in [0.5, 0.6) is 0 Å². The Labute approximate surface area is 234 Å². The summed E-state index contributed by atoms with van der Waals surface area (Å²) in [5.41, 5.74) is 7.75. The Hall–Kier alpha value is -2.47. The van der Waals surface area contributed by atoms with Gasteiger partial charge in [-0.2, -0.15) is 14.3 Å². The third kappa shape index (κ3) is 5.73. The summed E-state index contributed by atoms with van der Waals surface area (Å²) in [4.78, 5) is 14.8. The van der Waals surface area contributed by atoms with Gasteiger partial charge in [-0.05, 0) is 75.6 Å². The number of fused-ring (bicyclic) bond motifs is 1. The molecule has 0 amide bonds. The van der Waals surface area contributed by atoms with Crippen LogP contribution in [0.15, 0.2) is 35.5 Å². The van der Waals surface area contributed by atoms with Crippen molar-refractivity contribution >= 4 is 44.6 Å². The second-order valence-electron chi connectivity index (χ2n) is 11.2. The van der Waals surface area contributed by atoms with E-state index in [-0.39, 0.29) is 17.0 Å². The smallest absolute Gasteiger partial charge is 0.243 e. The van der Waals surface area contributed by atoms with Crippen molar-refractivity contribution in [3.8, 4) is 0 Å². The summed E-state index contributed by atoms with van der Waals surface area (Å²) in [5.74, 6) is 1.33. The molecular weight excluding hydrogens is 536 g/mol. The Bertz CT molecular complexity index is 1390. The minimum Gasteiger partial charge on any atom is -0.365 e. The van der Waals surface area contributed by atoms with Crippen LogP contribution in [0.2, 0.25) is 5.02 Å². The number of halogens is 1. The number of hydrogen-bond acceptors (Lipinski definition) is 8. The number of imidazole rings is 1. The molecule has 0 spiro atoms. The summed E-state index contributed by atoms with van der Waals surface area (Å²) in [6.07, 6.45) is 12.0. The number of nitrogens with zero attached hydrogens (tertiary/aromatic N) is 5. The first kappa shape index (κ1) is 26.7. The van der Waals surface area contributed by atoms with Gasteiger partial charge in [-0.3, -0.25) is 0 Å². The van der Waals surface area contributed by atoms with E-state index in [4.69, 9.17) is 32.3 Å². The van der Waals surface area contributed by atoms with Crippen molar-refractivity contribution in [2.45, 2.75) is 93.3 Å². The van der Waals surface area contributed by atoms with Gasteiger partial charge in [-0.1, -0.05) is 24.4 Å². The molecule has 1 aliphatic heterocycles. The molecule has 0 radical (unpaired) electrons. The fraction of sp³-hybridized carbons (Fsp3) is 0.593. The molecule has 12 heteroatoms. The molecule has 2 aromatic heterocycles. The van der Waals surface area contributed by atoms with Gasteiger partial charge in [0.1, 0.15) is 0 Å². The zero-order chi connectivity index (χ0) is 27.0. The zero-order valence-corrected chi connectivity index (χ0v) is 23.7. The second kappa shape index (κ2) is 11.2. The van der Waals surface area contributed by atoms with Crippen LogP contribution in [0.25, 0.3) is 11.2 Å². The molecule has 4 N–H and O–H groups in total. The standard InChI is InChI=1S/C27H37ClN8O2S/c28-18-5-11-23(12-6-18)39(37,38)35-15-13-21(14-16-35)31-25-24-26(36(17-30-24)22-3-1-2-4-22)34-27(33-25)32-20-9-7-19(29)8-10-20/h5-6,11-12,17,19-22H,1-4,7-10,13-16,29H2,(H2,31,32,33,34). The van der Waals surface area contributed by atoms with E-state index < -0.39 is 10.0 Å². The third-order valence-electron chi connectivity index (χ3n) is 8.49. The Kier molecular flexibility index (Phi) is 7.67. The first-order valence-electron chi connectivity index (χ1n) is 14.2. The summed E-state index contributed by atoms with van der Waals surface area (Å²) in [7, 11) is -3.56. The van der Waals surface area contributed by atoms with Crippen LogP contribution >= 0.6 is 11.6 Å². The fourth-order valence-corrected chi connectivity index (χ4v) is 7.76. The Balaban J connectivity index is 1.20. The van der Waals surface area contributed by atoms with Crippen LogP contribution in [-0.2, 0) is 10.0 Å². The van der Waals surface area contributed by atoms with E-state index in [1.54, 1.807) is 28.6 Å². The number of piperidine rings is 1. The molecule has 1 aromatic carbocycles. The molecule has 2 aliphatic carbocycles. The third-order valence-corrected chi connectivity index (χ3v) is 10.7. The predicted octanol–water partition coefficient (Wildman–Crippen LogP) is 4.54. The molecule has 3 aromatic rings. The van der Waals surface area contributed by atoms with Gasteiger partial charge in [0.25, 0.3) is 0 Å². The largest absolute Gasteiger partial charge is 0.365 e. The number of nitrogens with two attached hydrogens (primary N) is 1. The topological polar surface area (TPSA) is 131 Å². The SMILES string of the molecule is NC1CCC(Nc2nc(NC3CCN(S(=O)(=O)c4ccc(Cl)cc4)CC3)c3ncn(C4CCCC4)c3n2)CC1. The van der Waals surface area contributed by atoms with Crippen LogP contribution in [0, 0.1) is 0 Å². The van der Waals surface area contributed by atoms with E-state index in [0.29, 0.717) is 54.8 Å². The van der Waals surface area contributed by atoms with Crippen molar-refractivity contribution < 1.29 is 8.42 Å². The summed E-state index contributed by atoms with van der Waals surface area (Å²) >= 11 is 5.95. The lowest BCUT2D eigenvalue weighted by molar-refractivity contribution is 0.329. The molecule has 3 fully saturated rings. The van der Waals surface area contributed by atoms with Crippen LogP contribution in [0.1, 0.15) is 70.3 Å². The van der Waals surface area contributed by atoms with Crippen LogP contribution in [-0.4, -0.2) is 63.5 Å². The number of aromatic nitrogens is 4. The lowest BCUT2D eigenvalue weighted by atomic mass is 9.92.